The number of rotatable bonds is 2. The normalized spacial score (nSPS) is 10.1. The van der Waals surface area contributed by atoms with Gasteiger partial charge >= 0.3 is 11.9 Å². The van der Waals surface area contributed by atoms with Crippen LogP contribution >= 0.6 is 0 Å². The summed E-state index contributed by atoms with van der Waals surface area (Å²) in [6.45, 7) is 0. The van der Waals surface area contributed by atoms with E-state index in [1.54, 1.807) is 6.07 Å². The summed E-state index contributed by atoms with van der Waals surface area (Å²) in [5.41, 5.74) is 0.140. The van der Waals surface area contributed by atoms with Crippen molar-refractivity contribution < 1.29 is 13.9 Å². The van der Waals surface area contributed by atoms with Crippen LogP contribution in [0.3, 0.4) is 0 Å². The number of aromatic nitrogens is 3. The number of pyridine rings is 1. The number of nitrogens with zero attached hydrogens (tertiary/aromatic N) is 2. The largest absolute Gasteiger partial charge is 0.462 e. The Morgan fingerprint density at radius 3 is 3.00 bits per heavy atom. The smallest absolute Gasteiger partial charge is 0.396 e. The average molecular weight is 221 g/mol. The molecular weight excluding hydrogens is 214 g/mol. The number of hydrogen-bond acceptors (Lipinski definition) is 6. The number of aromatic amines is 1. The maximum absolute atomic E-state index is 11.0. The molecule has 2 heterocycles. The van der Waals surface area contributed by atoms with Crippen LogP contribution in [0.4, 0.5) is 0 Å². The van der Waals surface area contributed by atoms with Crippen molar-refractivity contribution in [2.24, 2.45) is 0 Å². The molecule has 0 atom stereocenters. The second-order valence-electron chi connectivity index (χ2n) is 2.85. The quantitative estimate of drug-likeness (QED) is 0.728. The fourth-order valence-electron chi connectivity index (χ4n) is 1.09. The molecule has 82 valence electrons. The van der Waals surface area contributed by atoms with Gasteiger partial charge in [-0.25, -0.2) is 4.79 Å². The summed E-state index contributed by atoms with van der Waals surface area (Å²) in [6.07, 6.45) is 1.44. The number of H-pyrrole nitrogens is 1. The first-order valence-corrected chi connectivity index (χ1v) is 4.31. The van der Waals surface area contributed by atoms with Gasteiger partial charge < -0.3 is 14.1 Å². The number of methoxy groups -OCH3 is 1. The van der Waals surface area contributed by atoms with E-state index in [-0.39, 0.29) is 17.3 Å². The third-order valence-electron chi connectivity index (χ3n) is 1.81. The van der Waals surface area contributed by atoms with E-state index in [0.29, 0.717) is 5.56 Å². The SMILES string of the molecule is COC(=O)c1nnc(-c2cc[nH]c(=O)c2)o1. The molecule has 0 aromatic carbocycles. The fourth-order valence-corrected chi connectivity index (χ4v) is 1.09. The third-order valence-corrected chi connectivity index (χ3v) is 1.81. The molecule has 0 radical (unpaired) electrons. The van der Waals surface area contributed by atoms with Crippen LogP contribution in [0.15, 0.2) is 27.5 Å². The highest BCUT2D eigenvalue weighted by Crippen LogP contribution is 2.15. The fraction of sp³-hybridized carbons (Fsp3) is 0.111. The Labute approximate surface area is 89.1 Å². The molecule has 7 heteroatoms. The second-order valence-corrected chi connectivity index (χ2v) is 2.85. The van der Waals surface area contributed by atoms with Crippen molar-refractivity contribution >= 4 is 5.97 Å². The lowest BCUT2D eigenvalue weighted by molar-refractivity contribution is 0.0556. The van der Waals surface area contributed by atoms with Crippen LogP contribution in [0.1, 0.15) is 10.7 Å². The highest BCUT2D eigenvalue weighted by molar-refractivity contribution is 5.84. The van der Waals surface area contributed by atoms with E-state index < -0.39 is 5.97 Å². The van der Waals surface area contributed by atoms with Crippen molar-refractivity contribution in [3.05, 3.63) is 34.6 Å². The minimum absolute atomic E-state index is 0.0894. The average Bonchev–Trinajstić information content (AvgIpc) is 2.77. The van der Waals surface area contributed by atoms with Gasteiger partial charge in [0.15, 0.2) is 0 Å². The molecule has 0 spiro atoms. The Morgan fingerprint density at radius 2 is 2.31 bits per heavy atom. The minimum atomic E-state index is -0.719. The molecule has 0 amide bonds. The summed E-state index contributed by atoms with van der Waals surface area (Å²) in [5.74, 6) is -0.882. The van der Waals surface area contributed by atoms with Gasteiger partial charge in [-0.2, -0.15) is 0 Å². The van der Waals surface area contributed by atoms with Crippen LogP contribution in [0, 0.1) is 0 Å². The molecule has 2 aromatic rings. The first-order valence-electron chi connectivity index (χ1n) is 4.31. The van der Waals surface area contributed by atoms with E-state index >= 15 is 0 Å². The van der Waals surface area contributed by atoms with Crippen molar-refractivity contribution in [1.29, 1.82) is 0 Å². The molecule has 7 nitrogen and oxygen atoms in total. The molecule has 0 aliphatic carbocycles. The summed E-state index contributed by atoms with van der Waals surface area (Å²) in [5, 5.41) is 7.12. The molecule has 2 aromatic heterocycles. The van der Waals surface area contributed by atoms with Gasteiger partial charge in [-0.15, -0.1) is 10.2 Å². The zero-order valence-electron chi connectivity index (χ0n) is 8.26. The topological polar surface area (TPSA) is 98.1 Å². The molecule has 0 saturated heterocycles. The number of nitrogens with one attached hydrogen (secondary N) is 1. The summed E-state index contributed by atoms with van der Waals surface area (Å²) < 4.78 is 9.43. The monoisotopic (exact) mass is 221 g/mol. The van der Waals surface area contributed by atoms with Gasteiger partial charge in [0.2, 0.25) is 11.4 Å². The standard InChI is InChI=1S/C9H7N3O4/c1-15-9(14)8-12-11-7(16-8)5-2-3-10-6(13)4-5/h2-4H,1H3,(H,10,13). The number of carbonyl (C=O) groups excluding carboxylic acids is 1. The van der Waals surface area contributed by atoms with E-state index in [4.69, 9.17) is 4.42 Å². The maximum atomic E-state index is 11.0. The summed E-state index contributed by atoms with van der Waals surface area (Å²) in [7, 11) is 1.21. The second kappa shape index (κ2) is 3.97. The molecule has 0 saturated carbocycles. The molecular formula is C9H7N3O4. The zero-order chi connectivity index (χ0) is 11.5. The molecule has 2 rings (SSSR count). The maximum Gasteiger partial charge on any atom is 0.396 e. The van der Waals surface area contributed by atoms with E-state index in [2.05, 4.69) is 19.9 Å². The zero-order valence-corrected chi connectivity index (χ0v) is 8.26. The van der Waals surface area contributed by atoms with Crippen LogP contribution in [0.2, 0.25) is 0 Å². The van der Waals surface area contributed by atoms with Crippen LogP contribution < -0.4 is 5.56 Å². The van der Waals surface area contributed by atoms with Gasteiger partial charge in [0.25, 0.3) is 0 Å². The Hall–Kier alpha value is -2.44. The number of hydrogen-bond donors (Lipinski definition) is 1. The van der Waals surface area contributed by atoms with Crippen LogP contribution in [-0.2, 0) is 4.74 Å². The van der Waals surface area contributed by atoms with Crippen LogP contribution in [0.25, 0.3) is 11.5 Å². The summed E-state index contributed by atoms with van der Waals surface area (Å²) in [4.78, 5) is 24.5. The van der Waals surface area contributed by atoms with Crippen LogP contribution in [0.5, 0.6) is 0 Å². The Kier molecular flexibility index (Phi) is 2.50. The first kappa shape index (κ1) is 10.1. The number of carbonyl (C=O) groups is 1. The van der Waals surface area contributed by atoms with Crippen molar-refractivity contribution in [2.75, 3.05) is 7.11 Å². The predicted octanol–water partition coefficient (Wildman–Crippen LogP) is 0.211. The Balaban J connectivity index is 2.39. The number of esters is 1. The van der Waals surface area contributed by atoms with E-state index in [9.17, 15) is 9.59 Å². The van der Waals surface area contributed by atoms with Gasteiger partial charge in [0.1, 0.15) is 0 Å². The third kappa shape index (κ3) is 1.83. The summed E-state index contributed by atoms with van der Waals surface area (Å²) in [6, 6.07) is 2.87. The van der Waals surface area contributed by atoms with Gasteiger partial charge in [-0.05, 0) is 6.07 Å². The molecule has 0 fully saturated rings. The van der Waals surface area contributed by atoms with Crippen molar-refractivity contribution in [3.8, 4) is 11.5 Å². The van der Waals surface area contributed by atoms with Crippen LogP contribution in [-0.4, -0.2) is 28.3 Å². The lowest BCUT2D eigenvalue weighted by Gasteiger charge is -1.92. The van der Waals surface area contributed by atoms with E-state index in [1.165, 1.54) is 19.4 Å². The lowest BCUT2D eigenvalue weighted by Crippen LogP contribution is -2.02. The Bertz CT molecular complexity index is 572. The van der Waals surface area contributed by atoms with Gasteiger partial charge in [0, 0.05) is 17.8 Å². The molecule has 0 unspecified atom stereocenters. The number of ether oxygens (including phenoxy) is 1. The molecule has 16 heavy (non-hydrogen) atoms. The van der Waals surface area contributed by atoms with Gasteiger partial charge in [0.05, 0.1) is 7.11 Å². The molecule has 0 aliphatic heterocycles. The summed E-state index contributed by atoms with van der Waals surface area (Å²) >= 11 is 0. The van der Waals surface area contributed by atoms with Crippen molar-refractivity contribution in [2.45, 2.75) is 0 Å². The van der Waals surface area contributed by atoms with Gasteiger partial charge in [-0.1, -0.05) is 0 Å². The molecule has 0 bridgehead atoms. The van der Waals surface area contributed by atoms with Gasteiger partial charge in [-0.3, -0.25) is 4.79 Å². The minimum Gasteiger partial charge on any atom is -0.462 e. The lowest BCUT2D eigenvalue weighted by atomic mass is 10.3. The highest BCUT2D eigenvalue weighted by atomic mass is 16.5. The van der Waals surface area contributed by atoms with Crippen molar-refractivity contribution in [1.82, 2.24) is 15.2 Å². The van der Waals surface area contributed by atoms with E-state index in [1.807, 2.05) is 0 Å². The highest BCUT2D eigenvalue weighted by Gasteiger charge is 2.15. The molecule has 1 N–H and O–H groups in total. The van der Waals surface area contributed by atoms with Crippen molar-refractivity contribution in [3.63, 3.8) is 0 Å². The Morgan fingerprint density at radius 1 is 1.50 bits per heavy atom. The predicted molar refractivity (Wildman–Crippen MR) is 51.7 cm³/mol. The van der Waals surface area contributed by atoms with E-state index in [0.717, 1.165) is 0 Å². The first-order chi connectivity index (χ1) is 7.70. The molecule has 0 aliphatic rings.